The van der Waals surface area contributed by atoms with Gasteiger partial charge in [0.15, 0.2) is 0 Å². The minimum atomic E-state index is 0.348. The standard InChI is InChI=1S/C19H24N2O/c22-18-8-7-15-3-1-2-4-16(15)19(18)17(13-14-5-6-14)21-11-9-20-10-12-21/h1-4,7-8,14,17,20,22H,5-6,9-13H2/t17-/m1/s1. The first-order valence-electron chi connectivity index (χ1n) is 8.48. The molecule has 2 N–H and O–H groups in total. The predicted octanol–water partition coefficient (Wildman–Crippen LogP) is 3.29. The van der Waals surface area contributed by atoms with E-state index >= 15 is 0 Å². The molecule has 0 bridgehead atoms. The van der Waals surface area contributed by atoms with Crippen molar-refractivity contribution < 1.29 is 5.11 Å². The van der Waals surface area contributed by atoms with Gasteiger partial charge < -0.3 is 10.4 Å². The van der Waals surface area contributed by atoms with Crippen molar-refractivity contribution in [2.24, 2.45) is 5.92 Å². The second-order valence-corrected chi connectivity index (χ2v) is 6.70. The number of phenolic OH excluding ortho intramolecular Hbond substituents is 1. The summed E-state index contributed by atoms with van der Waals surface area (Å²) in [5.74, 6) is 1.31. The van der Waals surface area contributed by atoms with Crippen LogP contribution in [0.1, 0.15) is 30.9 Å². The minimum Gasteiger partial charge on any atom is -0.508 e. The number of nitrogens with one attached hydrogen (secondary N) is 1. The molecule has 1 saturated carbocycles. The monoisotopic (exact) mass is 296 g/mol. The van der Waals surface area contributed by atoms with E-state index in [1.165, 1.54) is 30.0 Å². The summed E-state index contributed by atoms with van der Waals surface area (Å²) in [5, 5.41) is 16.5. The molecule has 1 aliphatic carbocycles. The lowest BCUT2D eigenvalue weighted by Crippen LogP contribution is -2.45. The van der Waals surface area contributed by atoms with Gasteiger partial charge in [-0.1, -0.05) is 43.2 Å². The molecule has 3 heteroatoms. The van der Waals surface area contributed by atoms with E-state index in [0.29, 0.717) is 11.8 Å². The Morgan fingerprint density at radius 1 is 1.09 bits per heavy atom. The zero-order chi connectivity index (χ0) is 14.9. The SMILES string of the molecule is Oc1ccc2ccccc2c1[C@@H](CC1CC1)N1CCNCC1. The Morgan fingerprint density at radius 2 is 1.86 bits per heavy atom. The summed E-state index contributed by atoms with van der Waals surface area (Å²) in [4.78, 5) is 2.57. The van der Waals surface area contributed by atoms with Crippen molar-refractivity contribution in [1.82, 2.24) is 10.2 Å². The van der Waals surface area contributed by atoms with Crippen LogP contribution in [0.4, 0.5) is 0 Å². The van der Waals surface area contributed by atoms with Crippen LogP contribution in [0.5, 0.6) is 5.75 Å². The summed E-state index contributed by atoms with van der Waals surface area (Å²) in [7, 11) is 0. The first-order valence-corrected chi connectivity index (χ1v) is 8.48. The average molecular weight is 296 g/mol. The fourth-order valence-corrected chi connectivity index (χ4v) is 3.75. The van der Waals surface area contributed by atoms with Crippen molar-refractivity contribution in [3.63, 3.8) is 0 Å². The van der Waals surface area contributed by atoms with Gasteiger partial charge in [-0.05, 0) is 29.2 Å². The van der Waals surface area contributed by atoms with E-state index in [0.717, 1.165) is 37.7 Å². The molecule has 2 fully saturated rings. The van der Waals surface area contributed by atoms with Crippen LogP contribution in [-0.4, -0.2) is 36.2 Å². The highest BCUT2D eigenvalue weighted by molar-refractivity contribution is 5.88. The van der Waals surface area contributed by atoms with Gasteiger partial charge in [-0.2, -0.15) is 0 Å². The van der Waals surface area contributed by atoms with Gasteiger partial charge >= 0.3 is 0 Å². The number of nitrogens with zero attached hydrogens (tertiary/aromatic N) is 1. The quantitative estimate of drug-likeness (QED) is 0.909. The molecule has 0 aromatic heterocycles. The molecule has 2 aromatic carbocycles. The highest BCUT2D eigenvalue weighted by Gasteiger charge is 2.32. The highest BCUT2D eigenvalue weighted by Crippen LogP contribution is 2.44. The lowest BCUT2D eigenvalue weighted by atomic mass is 9.92. The van der Waals surface area contributed by atoms with E-state index < -0.39 is 0 Å². The first kappa shape index (κ1) is 14.0. The molecule has 0 unspecified atom stereocenters. The molecular weight excluding hydrogens is 272 g/mol. The molecule has 1 saturated heterocycles. The van der Waals surface area contributed by atoms with E-state index in [1.54, 1.807) is 0 Å². The molecule has 116 valence electrons. The van der Waals surface area contributed by atoms with Crippen LogP contribution in [0.25, 0.3) is 10.8 Å². The Kier molecular flexibility index (Phi) is 3.77. The smallest absolute Gasteiger partial charge is 0.121 e. The van der Waals surface area contributed by atoms with E-state index in [1.807, 2.05) is 12.1 Å². The van der Waals surface area contributed by atoms with Crippen molar-refractivity contribution in [3.8, 4) is 5.75 Å². The number of hydrogen-bond acceptors (Lipinski definition) is 3. The maximum atomic E-state index is 10.6. The largest absolute Gasteiger partial charge is 0.508 e. The van der Waals surface area contributed by atoms with Crippen LogP contribution in [-0.2, 0) is 0 Å². The number of phenols is 1. The Morgan fingerprint density at radius 3 is 2.64 bits per heavy atom. The first-order chi connectivity index (χ1) is 10.8. The van der Waals surface area contributed by atoms with Gasteiger partial charge in [0.25, 0.3) is 0 Å². The zero-order valence-corrected chi connectivity index (χ0v) is 13.0. The summed E-state index contributed by atoms with van der Waals surface area (Å²) in [6.45, 7) is 4.24. The number of fused-ring (bicyclic) bond motifs is 1. The molecule has 2 aromatic rings. The molecule has 0 amide bonds. The molecule has 0 spiro atoms. The third kappa shape index (κ3) is 2.71. The van der Waals surface area contributed by atoms with Gasteiger partial charge in [0.05, 0.1) is 0 Å². The number of piperazine rings is 1. The number of hydrogen-bond donors (Lipinski definition) is 2. The fourth-order valence-electron chi connectivity index (χ4n) is 3.75. The van der Waals surface area contributed by atoms with Gasteiger partial charge in [0, 0.05) is 37.8 Å². The van der Waals surface area contributed by atoms with Gasteiger partial charge in [-0.15, -0.1) is 0 Å². The normalized spacial score (nSPS) is 21.1. The highest BCUT2D eigenvalue weighted by atomic mass is 16.3. The Labute approximate surface area is 131 Å². The topological polar surface area (TPSA) is 35.5 Å². The second kappa shape index (κ2) is 5.90. The van der Waals surface area contributed by atoms with Gasteiger partial charge in [-0.25, -0.2) is 0 Å². The zero-order valence-electron chi connectivity index (χ0n) is 13.0. The number of rotatable bonds is 4. The molecule has 2 aliphatic rings. The summed E-state index contributed by atoms with van der Waals surface area (Å²) >= 11 is 0. The molecule has 1 atom stereocenters. The van der Waals surface area contributed by atoms with Crippen LogP contribution >= 0.6 is 0 Å². The predicted molar refractivity (Wildman–Crippen MR) is 90.1 cm³/mol. The third-order valence-corrected chi connectivity index (χ3v) is 5.13. The molecule has 1 heterocycles. The molecule has 4 rings (SSSR count). The van der Waals surface area contributed by atoms with Gasteiger partial charge in [0.1, 0.15) is 5.75 Å². The van der Waals surface area contributed by atoms with E-state index in [9.17, 15) is 5.11 Å². The molecule has 1 aliphatic heterocycles. The lowest BCUT2D eigenvalue weighted by Gasteiger charge is -2.36. The van der Waals surface area contributed by atoms with Crippen molar-refractivity contribution in [3.05, 3.63) is 42.0 Å². The van der Waals surface area contributed by atoms with Crippen LogP contribution in [0.3, 0.4) is 0 Å². The number of benzene rings is 2. The molecular formula is C19H24N2O. The van der Waals surface area contributed by atoms with Gasteiger partial charge in [-0.3, -0.25) is 4.90 Å². The molecule has 22 heavy (non-hydrogen) atoms. The lowest BCUT2D eigenvalue weighted by molar-refractivity contribution is 0.159. The van der Waals surface area contributed by atoms with E-state index in [4.69, 9.17) is 0 Å². The van der Waals surface area contributed by atoms with Crippen molar-refractivity contribution in [2.75, 3.05) is 26.2 Å². The van der Waals surface area contributed by atoms with Crippen LogP contribution < -0.4 is 5.32 Å². The summed E-state index contributed by atoms with van der Waals surface area (Å²) in [6.07, 6.45) is 3.89. The van der Waals surface area contributed by atoms with Crippen molar-refractivity contribution in [1.29, 1.82) is 0 Å². The average Bonchev–Trinajstić information content (AvgIpc) is 3.38. The Balaban J connectivity index is 1.78. The van der Waals surface area contributed by atoms with Crippen LogP contribution in [0.2, 0.25) is 0 Å². The summed E-state index contributed by atoms with van der Waals surface area (Å²) in [5.41, 5.74) is 1.15. The molecule has 0 radical (unpaired) electrons. The van der Waals surface area contributed by atoms with Crippen molar-refractivity contribution >= 4 is 10.8 Å². The van der Waals surface area contributed by atoms with Crippen LogP contribution in [0, 0.1) is 5.92 Å². The van der Waals surface area contributed by atoms with Gasteiger partial charge in [0.2, 0.25) is 0 Å². The van der Waals surface area contributed by atoms with E-state index in [2.05, 4.69) is 34.5 Å². The summed E-state index contributed by atoms with van der Waals surface area (Å²) < 4.78 is 0. The Bertz CT molecular complexity index is 660. The fraction of sp³-hybridized carbons (Fsp3) is 0.474. The third-order valence-electron chi connectivity index (χ3n) is 5.13. The second-order valence-electron chi connectivity index (χ2n) is 6.70. The maximum absolute atomic E-state index is 10.6. The van der Waals surface area contributed by atoms with Crippen LogP contribution in [0.15, 0.2) is 36.4 Å². The molecule has 3 nitrogen and oxygen atoms in total. The van der Waals surface area contributed by atoms with E-state index in [-0.39, 0.29) is 0 Å². The maximum Gasteiger partial charge on any atom is 0.121 e. The number of aromatic hydroxyl groups is 1. The summed E-state index contributed by atoms with van der Waals surface area (Å²) in [6, 6.07) is 12.7. The van der Waals surface area contributed by atoms with Crippen molar-refractivity contribution in [2.45, 2.75) is 25.3 Å². The Hall–Kier alpha value is -1.58. The minimum absolute atomic E-state index is 0.348.